The molecule has 3 aromatic rings. The Morgan fingerprint density at radius 3 is 2.13 bits per heavy atom. The highest BCUT2D eigenvalue weighted by Crippen LogP contribution is 2.28. The van der Waals surface area contributed by atoms with E-state index in [9.17, 15) is 9.59 Å². The van der Waals surface area contributed by atoms with Gasteiger partial charge in [0.05, 0.1) is 0 Å². The first-order chi connectivity index (χ1) is 14.8. The third-order valence-corrected chi connectivity index (χ3v) is 6.29. The number of hydrogen-bond donors (Lipinski definition) is 0. The lowest BCUT2D eigenvalue weighted by atomic mass is 9.95. The maximum Gasteiger partial charge on any atom is 0.345 e. The lowest BCUT2D eigenvalue weighted by molar-refractivity contribution is 0.0710. The summed E-state index contributed by atoms with van der Waals surface area (Å²) in [6, 6.07) is 12.1. The summed E-state index contributed by atoms with van der Waals surface area (Å²) in [5, 5.41) is 4.49. The van der Waals surface area contributed by atoms with Crippen LogP contribution in [0.15, 0.2) is 41.2 Å². The summed E-state index contributed by atoms with van der Waals surface area (Å²) in [7, 11) is 1.70. The summed E-state index contributed by atoms with van der Waals surface area (Å²) in [6.07, 6.45) is 1.63. The van der Waals surface area contributed by atoms with Crippen molar-refractivity contribution in [3.05, 3.63) is 69.7 Å². The fraction of sp³-hybridized carbons (Fsp3) is 0.458. The molecular weight excluding hydrogens is 390 g/mol. The van der Waals surface area contributed by atoms with Crippen LogP contribution >= 0.6 is 0 Å². The zero-order chi connectivity index (χ0) is 22.3. The first-order valence-electron chi connectivity index (χ1n) is 11.0. The molecule has 7 nitrogen and oxygen atoms in total. The van der Waals surface area contributed by atoms with Gasteiger partial charge in [0.25, 0.3) is 5.91 Å². The van der Waals surface area contributed by atoms with Crippen molar-refractivity contribution >= 4 is 5.91 Å². The van der Waals surface area contributed by atoms with Gasteiger partial charge in [-0.3, -0.25) is 9.36 Å². The van der Waals surface area contributed by atoms with Gasteiger partial charge in [0.1, 0.15) is 5.82 Å². The van der Waals surface area contributed by atoms with Crippen LogP contribution in [0.2, 0.25) is 0 Å². The van der Waals surface area contributed by atoms with Crippen LogP contribution in [0.25, 0.3) is 5.69 Å². The van der Waals surface area contributed by atoms with Gasteiger partial charge in [-0.15, -0.1) is 0 Å². The summed E-state index contributed by atoms with van der Waals surface area (Å²) in [6.45, 7) is 9.51. The molecule has 0 unspecified atom stereocenters. The van der Waals surface area contributed by atoms with Gasteiger partial charge >= 0.3 is 5.69 Å². The van der Waals surface area contributed by atoms with E-state index in [1.54, 1.807) is 11.6 Å². The minimum Gasteiger partial charge on any atom is -0.339 e. The zero-order valence-corrected chi connectivity index (χ0v) is 19.0. The largest absolute Gasteiger partial charge is 0.345 e. The second-order valence-electron chi connectivity index (χ2n) is 8.79. The Balaban J connectivity index is 1.46. The van der Waals surface area contributed by atoms with Crippen LogP contribution in [0.5, 0.6) is 0 Å². The topological polar surface area (TPSA) is 65.1 Å². The van der Waals surface area contributed by atoms with Crippen molar-refractivity contribution in [3.8, 4) is 5.69 Å². The minimum absolute atomic E-state index is 0.0632. The number of amides is 1. The molecule has 1 aromatic carbocycles. The molecule has 4 rings (SSSR count). The molecular formula is C24H31N5O2. The van der Waals surface area contributed by atoms with Crippen molar-refractivity contribution < 1.29 is 4.79 Å². The summed E-state index contributed by atoms with van der Waals surface area (Å²) in [4.78, 5) is 27.4. The van der Waals surface area contributed by atoms with Gasteiger partial charge in [0.15, 0.2) is 0 Å². The number of aromatic nitrogens is 4. The van der Waals surface area contributed by atoms with Gasteiger partial charge in [-0.1, -0.05) is 0 Å². The van der Waals surface area contributed by atoms with Crippen LogP contribution < -0.4 is 5.69 Å². The number of likely N-dealkylation sites (tertiary alicyclic amines) is 1. The average molecular weight is 422 g/mol. The number of carbonyl (C=O) groups excluding carboxylic acids is 1. The zero-order valence-electron chi connectivity index (χ0n) is 19.0. The number of carbonyl (C=O) groups is 1. The van der Waals surface area contributed by atoms with Gasteiger partial charge in [-0.2, -0.15) is 5.10 Å². The molecule has 0 atom stereocenters. The van der Waals surface area contributed by atoms with Crippen molar-refractivity contribution in [1.29, 1.82) is 0 Å². The van der Waals surface area contributed by atoms with Crippen molar-refractivity contribution in [2.24, 2.45) is 7.05 Å². The Morgan fingerprint density at radius 1 is 1.00 bits per heavy atom. The van der Waals surface area contributed by atoms with Gasteiger partial charge in [0.2, 0.25) is 0 Å². The normalized spacial score (nSPS) is 15.1. The highest BCUT2D eigenvalue weighted by Gasteiger charge is 2.29. The van der Waals surface area contributed by atoms with Crippen molar-refractivity contribution in [2.75, 3.05) is 13.1 Å². The first kappa shape index (κ1) is 21.2. The molecule has 0 aliphatic carbocycles. The Hall–Kier alpha value is -3.09. The van der Waals surface area contributed by atoms with Crippen LogP contribution in [-0.2, 0) is 7.05 Å². The SMILES string of the molecule is Cc1ccc(C)n1-c1ccc(C(=O)N2CCC(c3nn(C)c(=O)n3C(C)C)CC2)cc1. The predicted molar refractivity (Wildman–Crippen MR) is 121 cm³/mol. The fourth-order valence-electron chi connectivity index (χ4n) is 4.61. The second-order valence-corrected chi connectivity index (χ2v) is 8.79. The number of nitrogens with zero attached hydrogens (tertiary/aromatic N) is 5. The number of aryl methyl sites for hydroxylation is 3. The van der Waals surface area contributed by atoms with E-state index in [1.165, 1.54) is 16.1 Å². The first-order valence-corrected chi connectivity index (χ1v) is 11.0. The molecule has 0 saturated carbocycles. The summed E-state index contributed by atoms with van der Waals surface area (Å²) in [5.74, 6) is 1.10. The molecule has 0 bridgehead atoms. The van der Waals surface area contributed by atoms with Crippen LogP contribution in [0.1, 0.15) is 66.2 Å². The van der Waals surface area contributed by atoms with E-state index in [2.05, 4.69) is 35.6 Å². The second kappa shape index (κ2) is 8.21. The Morgan fingerprint density at radius 2 is 1.58 bits per heavy atom. The van der Waals surface area contributed by atoms with Crippen LogP contribution in [0.3, 0.4) is 0 Å². The molecule has 1 saturated heterocycles. The molecule has 31 heavy (non-hydrogen) atoms. The van der Waals surface area contributed by atoms with Gasteiger partial charge in [-0.25, -0.2) is 9.48 Å². The molecule has 7 heteroatoms. The van der Waals surface area contributed by atoms with Crippen LogP contribution in [-0.4, -0.2) is 42.8 Å². The molecule has 164 valence electrons. The quantitative estimate of drug-likeness (QED) is 0.647. The molecule has 0 radical (unpaired) electrons. The Kier molecular flexibility index (Phi) is 5.60. The highest BCUT2D eigenvalue weighted by atomic mass is 16.2. The maximum absolute atomic E-state index is 13.1. The average Bonchev–Trinajstić information content (AvgIpc) is 3.26. The standard InChI is InChI=1S/C24H31N5O2/c1-16(2)28-22(25-26(5)24(28)31)19-12-14-27(15-13-19)23(30)20-8-10-21(11-9-20)29-17(3)6-7-18(29)4/h6-11,16,19H,12-15H2,1-5H3. The number of benzene rings is 1. The molecule has 2 aromatic heterocycles. The van der Waals surface area contributed by atoms with Crippen LogP contribution in [0, 0.1) is 13.8 Å². The highest BCUT2D eigenvalue weighted by molar-refractivity contribution is 5.94. The Labute approximate surface area is 182 Å². The molecule has 1 amide bonds. The molecule has 1 aliphatic heterocycles. The van der Waals surface area contributed by atoms with E-state index in [0.29, 0.717) is 18.7 Å². The fourth-order valence-corrected chi connectivity index (χ4v) is 4.61. The van der Waals surface area contributed by atoms with Crippen molar-refractivity contribution in [2.45, 2.75) is 52.5 Å². The maximum atomic E-state index is 13.1. The predicted octanol–water partition coefficient (Wildman–Crippen LogP) is 3.59. The van der Waals surface area contributed by atoms with E-state index >= 15 is 0 Å². The van der Waals surface area contributed by atoms with Gasteiger partial charge < -0.3 is 9.47 Å². The summed E-state index contributed by atoms with van der Waals surface area (Å²) >= 11 is 0. The van der Waals surface area contributed by atoms with Crippen molar-refractivity contribution in [1.82, 2.24) is 23.8 Å². The third kappa shape index (κ3) is 3.84. The molecule has 3 heterocycles. The lowest BCUT2D eigenvalue weighted by Gasteiger charge is -2.32. The molecule has 1 aliphatic rings. The summed E-state index contributed by atoms with van der Waals surface area (Å²) in [5.41, 5.74) is 4.05. The van der Waals surface area contributed by atoms with E-state index in [-0.39, 0.29) is 23.6 Å². The van der Waals surface area contributed by atoms with Gasteiger partial charge in [0, 0.05) is 54.7 Å². The molecule has 0 N–H and O–H groups in total. The Bertz CT molecular complexity index is 1120. The van der Waals surface area contributed by atoms with E-state index in [0.717, 1.165) is 24.4 Å². The minimum atomic E-state index is -0.0724. The molecule has 1 fully saturated rings. The van der Waals surface area contributed by atoms with Gasteiger partial charge in [-0.05, 0) is 76.9 Å². The monoisotopic (exact) mass is 421 g/mol. The smallest absolute Gasteiger partial charge is 0.339 e. The number of hydrogen-bond acceptors (Lipinski definition) is 3. The number of rotatable bonds is 4. The van der Waals surface area contributed by atoms with Crippen molar-refractivity contribution in [3.63, 3.8) is 0 Å². The lowest BCUT2D eigenvalue weighted by Crippen LogP contribution is -2.38. The molecule has 0 spiro atoms. The van der Waals surface area contributed by atoms with E-state index in [1.807, 2.05) is 43.0 Å². The van der Waals surface area contributed by atoms with Crippen LogP contribution in [0.4, 0.5) is 0 Å². The van der Waals surface area contributed by atoms with E-state index in [4.69, 9.17) is 0 Å². The third-order valence-electron chi connectivity index (χ3n) is 6.29. The van der Waals surface area contributed by atoms with E-state index < -0.39 is 0 Å². The number of piperidine rings is 1. The summed E-state index contributed by atoms with van der Waals surface area (Å²) < 4.78 is 5.38.